The zero-order valence-corrected chi connectivity index (χ0v) is 19.4. The molecule has 3 heterocycles. The van der Waals surface area contributed by atoms with Crippen molar-refractivity contribution in [1.29, 1.82) is 0 Å². The highest BCUT2D eigenvalue weighted by Gasteiger charge is 2.33. The minimum Gasteiger partial charge on any atom is -0.324 e. The number of hydrogen-bond acceptors (Lipinski definition) is 7. The molecule has 1 saturated heterocycles. The molecule has 0 radical (unpaired) electrons. The van der Waals surface area contributed by atoms with E-state index in [-0.39, 0.29) is 6.03 Å². The third-order valence-corrected chi connectivity index (χ3v) is 9.24. The zero-order valence-electron chi connectivity index (χ0n) is 17.0. The lowest BCUT2D eigenvalue weighted by atomic mass is 10.1. The number of amides is 2. The maximum Gasteiger partial charge on any atom is 0.321 e. The van der Waals surface area contributed by atoms with Crippen LogP contribution in [0.15, 0.2) is 64.2 Å². The average molecular weight is 485 g/mol. The number of anilines is 1. The summed E-state index contributed by atoms with van der Waals surface area (Å²) in [5.41, 5.74) is 4.10. The number of carbonyl (C=O) groups excluding carboxylic acids is 1. The molecule has 1 aliphatic heterocycles. The summed E-state index contributed by atoms with van der Waals surface area (Å²) < 4.78 is 34.7. The van der Waals surface area contributed by atoms with Crippen LogP contribution in [0.3, 0.4) is 0 Å². The van der Waals surface area contributed by atoms with Crippen molar-refractivity contribution in [3.05, 3.63) is 59.3 Å². The molecule has 0 saturated carbocycles. The summed E-state index contributed by atoms with van der Waals surface area (Å²) in [6.07, 6.45) is 0.814. The van der Waals surface area contributed by atoms with E-state index in [9.17, 15) is 13.2 Å². The molecule has 1 fully saturated rings. The Morgan fingerprint density at radius 2 is 1.78 bits per heavy atom. The van der Waals surface area contributed by atoms with Crippen LogP contribution >= 0.6 is 23.1 Å². The van der Waals surface area contributed by atoms with E-state index in [1.165, 1.54) is 0 Å². The number of carbonyl (C=O) groups is 1. The molecule has 1 N–H and O–H groups in total. The second kappa shape index (κ2) is 8.61. The lowest BCUT2D eigenvalue weighted by Crippen LogP contribution is -2.44. The minimum absolute atomic E-state index is 0.249. The van der Waals surface area contributed by atoms with E-state index in [1.807, 2.05) is 41.1 Å². The highest BCUT2D eigenvalue weighted by atomic mass is 32.2. The number of aromatic nitrogens is 2. The maximum atomic E-state index is 13.1. The number of fused-ring (bicyclic) bond motifs is 1. The molecule has 164 valence electrons. The number of hydrogen-bond donors (Lipinski definition) is 1. The molecule has 0 bridgehead atoms. The normalized spacial score (nSPS) is 15.2. The van der Waals surface area contributed by atoms with Gasteiger partial charge in [-0.05, 0) is 65.1 Å². The first kappa shape index (κ1) is 21.0. The summed E-state index contributed by atoms with van der Waals surface area (Å²) in [6.45, 7) is 0.766. The van der Waals surface area contributed by atoms with Gasteiger partial charge >= 0.3 is 6.03 Å². The van der Waals surface area contributed by atoms with E-state index >= 15 is 0 Å². The molecule has 0 atom stereocenters. The summed E-state index contributed by atoms with van der Waals surface area (Å²) in [6, 6.07) is 14.3. The second-order valence-corrected chi connectivity index (χ2v) is 11.2. The van der Waals surface area contributed by atoms with E-state index in [4.69, 9.17) is 0 Å². The largest absolute Gasteiger partial charge is 0.324 e. The number of benzene rings is 2. The van der Waals surface area contributed by atoms with Gasteiger partial charge in [-0.2, -0.15) is 20.1 Å². The summed E-state index contributed by atoms with van der Waals surface area (Å²) in [5.74, 6) is 0. The fourth-order valence-electron chi connectivity index (χ4n) is 3.93. The third-order valence-electron chi connectivity index (χ3n) is 5.73. The lowest BCUT2D eigenvalue weighted by molar-refractivity contribution is 0.200. The number of piperidine rings is 1. The minimum atomic E-state index is -3.45. The van der Waals surface area contributed by atoms with E-state index in [0.29, 0.717) is 42.0 Å². The molecule has 1 aliphatic rings. The Bertz CT molecular complexity index is 1340. The van der Waals surface area contributed by atoms with Gasteiger partial charge in [-0.1, -0.05) is 18.2 Å². The molecule has 2 aromatic carbocycles. The molecule has 5 rings (SSSR count). The van der Waals surface area contributed by atoms with Gasteiger partial charge in [0, 0.05) is 13.1 Å². The Morgan fingerprint density at radius 3 is 2.50 bits per heavy atom. The molecule has 0 unspecified atom stereocenters. The highest BCUT2D eigenvalue weighted by Crippen LogP contribution is 2.28. The van der Waals surface area contributed by atoms with Crippen molar-refractivity contribution in [2.45, 2.75) is 23.0 Å². The first-order valence-corrected chi connectivity index (χ1v) is 13.4. The van der Waals surface area contributed by atoms with Crippen LogP contribution in [-0.4, -0.2) is 46.4 Å². The number of rotatable bonds is 4. The second-order valence-electron chi connectivity index (χ2n) is 7.64. The van der Waals surface area contributed by atoms with E-state index in [1.54, 1.807) is 34.4 Å². The van der Waals surface area contributed by atoms with Gasteiger partial charge in [-0.25, -0.2) is 13.2 Å². The van der Waals surface area contributed by atoms with Crippen molar-refractivity contribution in [3.8, 4) is 11.1 Å². The average Bonchev–Trinajstić information content (AvgIpc) is 3.52. The number of nitrogens with zero attached hydrogens (tertiary/aromatic N) is 3. The maximum absolute atomic E-state index is 13.1. The molecule has 2 amide bonds. The lowest BCUT2D eigenvalue weighted by Gasteiger charge is -2.31. The molecular weight excluding hydrogens is 464 g/mol. The Labute approximate surface area is 194 Å². The fourth-order valence-corrected chi connectivity index (χ4v) is 6.88. The van der Waals surface area contributed by atoms with Gasteiger partial charge in [0.2, 0.25) is 0 Å². The van der Waals surface area contributed by atoms with Crippen molar-refractivity contribution < 1.29 is 13.2 Å². The Morgan fingerprint density at radius 1 is 1.00 bits per heavy atom. The van der Waals surface area contributed by atoms with Gasteiger partial charge in [0.05, 0.1) is 27.6 Å². The van der Waals surface area contributed by atoms with E-state index < -0.39 is 15.1 Å². The van der Waals surface area contributed by atoms with Crippen molar-refractivity contribution in [2.24, 2.45) is 0 Å². The molecule has 0 aliphatic carbocycles. The van der Waals surface area contributed by atoms with Gasteiger partial charge < -0.3 is 10.2 Å². The summed E-state index contributed by atoms with van der Waals surface area (Å²) in [7, 11) is -3.45. The Hall–Kier alpha value is -2.82. The number of sulfone groups is 1. The molecule has 32 heavy (non-hydrogen) atoms. The topological polar surface area (TPSA) is 92.3 Å². The van der Waals surface area contributed by atoms with E-state index in [0.717, 1.165) is 28.4 Å². The van der Waals surface area contributed by atoms with Crippen LogP contribution in [0.25, 0.3) is 22.2 Å². The number of nitrogens with one attached hydrogen (secondary N) is 1. The van der Waals surface area contributed by atoms with Crippen LogP contribution in [0, 0.1) is 0 Å². The number of thiophene rings is 1. The molecule has 4 aromatic rings. The van der Waals surface area contributed by atoms with Crippen LogP contribution in [0.5, 0.6) is 0 Å². The summed E-state index contributed by atoms with van der Waals surface area (Å²) in [4.78, 5) is 14.7. The Balaban J connectivity index is 1.23. The molecule has 2 aromatic heterocycles. The smallest absolute Gasteiger partial charge is 0.321 e. The van der Waals surface area contributed by atoms with Crippen molar-refractivity contribution in [1.82, 2.24) is 13.6 Å². The SMILES string of the molecule is O=C(Nc1cccc2nsnc12)N1CCC(S(=O)(=O)c2ccc(-c3ccsc3)cc2)CC1. The van der Waals surface area contributed by atoms with Gasteiger partial charge in [-0.3, -0.25) is 0 Å². The number of urea groups is 1. The first-order valence-electron chi connectivity index (χ1n) is 10.2. The zero-order chi connectivity index (χ0) is 22.1. The number of likely N-dealkylation sites (tertiary alicyclic amines) is 1. The third kappa shape index (κ3) is 4.01. The molecular formula is C22H20N4O3S3. The molecule has 0 spiro atoms. The van der Waals surface area contributed by atoms with Crippen molar-refractivity contribution >= 4 is 55.7 Å². The molecule has 7 nitrogen and oxygen atoms in total. The van der Waals surface area contributed by atoms with Crippen LogP contribution in [0.2, 0.25) is 0 Å². The van der Waals surface area contributed by atoms with Gasteiger partial charge in [0.25, 0.3) is 0 Å². The van der Waals surface area contributed by atoms with Gasteiger partial charge in [0.15, 0.2) is 9.84 Å². The standard InChI is InChI=1S/C22H20N4O3S3/c27-22(23-19-2-1-3-20-21(19)25-31-24-20)26-11-8-18(9-12-26)32(28,29)17-6-4-15(5-7-17)16-10-13-30-14-16/h1-7,10,13-14,18H,8-9,11-12H2,(H,23,27). The van der Waals surface area contributed by atoms with Gasteiger partial charge in [0.1, 0.15) is 11.0 Å². The quantitative estimate of drug-likeness (QED) is 0.445. The predicted molar refractivity (Wildman–Crippen MR) is 128 cm³/mol. The Kier molecular flexibility index (Phi) is 5.66. The van der Waals surface area contributed by atoms with Crippen molar-refractivity contribution in [2.75, 3.05) is 18.4 Å². The summed E-state index contributed by atoms with van der Waals surface area (Å²) in [5, 5.41) is 6.43. The van der Waals surface area contributed by atoms with E-state index in [2.05, 4.69) is 14.1 Å². The highest BCUT2D eigenvalue weighted by molar-refractivity contribution is 7.92. The van der Waals surface area contributed by atoms with Crippen LogP contribution in [-0.2, 0) is 9.84 Å². The van der Waals surface area contributed by atoms with Crippen LogP contribution in [0.1, 0.15) is 12.8 Å². The van der Waals surface area contributed by atoms with Crippen LogP contribution in [0.4, 0.5) is 10.5 Å². The molecule has 10 heteroatoms. The monoisotopic (exact) mass is 484 g/mol. The van der Waals surface area contributed by atoms with Gasteiger partial charge in [-0.15, -0.1) is 0 Å². The van der Waals surface area contributed by atoms with Crippen molar-refractivity contribution in [3.63, 3.8) is 0 Å². The first-order chi connectivity index (χ1) is 15.5. The summed E-state index contributed by atoms with van der Waals surface area (Å²) >= 11 is 2.71. The predicted octanol–water partition coefficient (Wildman–Crippen LogP) is 4.89. The van der Waals surface area contributed by atoms with Crippen LogP contribution < -0.4 is 5.32 Å². The fraction of sp³-hybridized carbons (Fsp3) is 0.227.